The van der Waals surface area contributed by atoms with E-state index in [-0.39, 0.29) is 11.8 Å². The van der Waals surface area contributed by atoms with Gasteiger partial charge in [0.1, 0.15) is 6.04 Å². The molecule has 6 heteroatoms. The molecule has 0 radical (unpaired) electrons. The summed E-state index contributed by atoms with van der Waals surface area (Å²) in [6, 6.07) is 9.25. The molecule has 0 aliphatic heterocycles. The van der Waals surface area contributed by atoms with Crippen molar-refractivity contribution in [3.8, 4) is 0 Å². The molecular weight excluding hydrogens is 496 g/mol. The van der Waals surface area contributed by atoms with E-state index in [9.17, 15) is 9.59 Å². The van der Waals surface area contributed by atoms with Gasteiger partial charge in [-0.25, -0.2) is 0 Å². The molecular formula is C34H62N4O2. The number of nitrogens with one attached hydrogen (secondary N) is 3. The summed E-state index contributed by atoms with van der Waals surface area (Å²) in [5, 5.41) is 9.31. The standard InChI is InChI=1S/C34H62N4O2/c1-2-3-4-5-6-7-8-9-10-11-12-13-14-15-16-20-27-36-28-21-25-33(39)38-32(34(40)37-29-22-26-35)30-31-23-18-17-19-24-31/h17-19,23-24,32,36H,2-16,20-22,25-30,35H2,1H3,(H,37,40)(H,38,39)/t32-/m0/s1. The Hall–Kier alpha value is -1.92. The Labute approximate surface area is 246 Å². The normalized spacial score (nSPS) is 11.8. The van der Waals surface area contributed by atoms with Crippen molar-refractivity contribution in [3.05, 3.63) is 35.9 Å². The highest BCUT2D eigenvalue weighted by atomic mass is 16.2. The van der Waals surface area contributed by atoms with Crippen LogP contribution in [-0.2, 0) is 16.0 Å². The third-order valence-corrected chi connectivity index (χ3v) is 7.58. The zero-order valence-corrected chi connectivity index (χ0v) is 25.8. The van der Waals surface area contributed by atoms with E-state index in [4.69, 9.17) is 5.73 Å². The molecule has 0 heterocycles. The maximum atomic E-state index is 12.6. The van der Waals surface area contributed by atoms with Gasteiger partial charge in [-0.2, -0.15) is 0 Å². The molecule has 1 aromatic carbocycles. The molecule has 2 amide bonds. The molecule has 1 aromatic rings. The van der Waals surface area contributed by atoms with Crippen molar-refractivity contribution in [2.24, 2.45) is 5.73 Å². The van der Waals surface area contributed by atoms with E-state index < -0.39 is 6.04 Å². The largest absolute Gasteiger partial charge is 0.354 e. The van der Waals surface area contributed by atoms with Crippen LogP contribution in [0.25, 0.3) is 0 Å². The monoisotopic (exact) mass is 558 g/mol. The molecule has 40 heavy (non-hydrogen) atoms. The Bertz CT molecular complexity index is 713. The molecule has 0 aliphatic carbocycles. The number of nitrogens with two attached hydrogens (primary N) is 1. The molecule has 0 bridgehead atoms. The zero-order valence-electron chi connectivity index (χ0n) is 25.8. The molecule has 0 aromatic heterocycles. The van der Waals surface area contributed by atoms with Crippen molar-refractivity contribution in [1.29, 1.82) is 0 Å². The molecule has 0 saturated carbocycles. The first-order valence-electron chi connectivity index (χ1n) is 16.7. The lowest BCUT2D eigenvalue weighted by atomic mass is 10.0. The van der Waals surface area contributed by atoms with Gasteiger partial charge in [0.25, 0.3) is 0 Å². The van der Waals surface area contributed by atoms with Crippen molar-refractivity contribution in [3.63, 3.8) is 0 Å². The molecule has 0 saturated heterocycles. The van der Waals surface area contributed by atoms with Crippen LogP contribution in [0.15, 0.2) is 30.3 Å². The molecule has 1 atom stereocenters. The SMILES string of the molecule is CCCCCCCCCCCCCCCCCCNCCCC(=O)N[C@@H](Cc1ccccc1)C(=O)NCCCN. The van der Waals surface area contributed by atoms with E-state index in [0.717, 1.165) is 31.5 Å². The fourth-order valence-electron chi connectivity index (χ4n) is 5.06. The van der Waals surface area contributed by atoms with Crippen LogP contribution in [0.4, 0.5) is 0 Å². The van der Waals surface area contributed by atoms with Crippen LogP contribution in [0.3, 0.4) is 0 Å². The summed E-state index contributed by atoms with van der Waals surface area (Å²) >= 11 is 0. The average Bonchev–Trinajstić information content (AvgIpc) is 2.96. The highest BCUT2D eigenvalue weighted by Crippen LogP contribution is 2.13. The molecule has 0 fully saturated rings. The zero-order chi connectivity index (χ0) is 28.9. The highest BCUT2D eigenvalue weighted by Gasteiger charge is 2.20. The molecule has 0 spiro atoms. The van der Waals surface area contributed by atoms with Gasteiger partial charge in [-0.05, 0) is 44.5 Å². The van der Waals surface area contributed by atoms with E-state index in [0.29, 0.717) is 25.9 Å². The van der Waals surface area contributed by atoms with Crippen LogP contribution in [0.2, 0.25) is 0 Å². The number of hydrogen-bond acceptors (Lipinski definition) is 4. The second-order valence-electron chi connectivity index (χ2n) is 11.4. The topological polar surface area (TPSA) is 96.2 Å². The third-order valence-electron chi connectivity index (χ3n) is 7.58. The third kappa shape index (κ3) is 21.8. The number of benzene rings is 1. The number of rotatable bonds is 28. The van der Waals surface area contributed by atoms with Crippen LogP contribution >= 0.6 is 0 Å². The number of carbonyl (C=O) groups is 2. The summed E-state index contributed by atoms with van der Waals surface area (Å²) in [5.41, 5.74) is 6.56. The van der Waals surface area contributed by atoms with E-state index in [2.05, 4.69) is 22.9 Å². The van der Waals surface area contributed by atoms with Crippen LogP contribution < -0.4 is 21.7 Å². The van der Waals surface area contributed by atoms with Gasteiger partial charge in [0.15, 0.2) is 0 Å². The number of hydrogen-bond donors (Lipinski definition) is 4. The second-order valence-corrected chi connectivity index (χ2v) is 11.4. The molecule has 0 unspecified atom stereocenters. The lowest BCUT2D eigenvalue weighted by Crippen LogP contribution is -2.48. The quantitative estimate of drug-likeness (QED) is 0.0850. The Balaban J connectivity index is 1.98. The minimum atomic E-state index is -0.564. The lowest BCUT2D eigenvalue weighted by molar-refractivity contribution is -0.129. The summed E-state index contributed by atoms with van der Waals surface area (Å²) in [7, 11) is 0. The van der Waals surface area contributed by atoms with Gasteiger partial charge in [-0.3, -0.25) is 9.59 Å². The van der Waals surface area contributed by atoms with E-state index in [1.165, 1.54) is 103 Å². The minimum absolute atomic E-state index is 0.0703. The van der Waals surface area contributed by atoms with Crippen LogP contribution in [-0.4, -0.2) is 44.0 Å². The number of amides is 2. The Kier molecular flexibility index (Phi) is 24.6. The van der Waals surface area contributed by atoms with Gasteiger partial charge in [0.05, 0.1) is 0 Å². The molecule has 6 nitrogen and oxygen atoms in total. The van der Waals surface area contributed by atoms with Gasteiger partial charge in [-0.15, -0.1) is 0 Å². The fraction of sp³-hybridized carbons (Fsp3) is 0.765. The Morgan fingerprint density at radius 1 is 0.675 bits per heavy atom. The summed E-state index contributed by atoms with van der Waals surface area (Å²) in [5.74, 6) is -0.216. The van der Waals surface area contributed by atoms with Crippen molar-refractivity contribution in [1.82, 2.24) is 16.0 Å². The molecule has 230 valence electrons. The summed E-state index contributed by atoms with van der Waals surface area (Å²) in [4.78, 5) is 25.2. The summed E-state index contributed by atoms with van der Waals surface area (Å²) < 4.78 is 0. The van der Waals surface area contributed by atoms with Crippen LogP contribution in [0, 0.1) is 0 Å². The van der Waals surface area contributed by atoms with Crippen molar-refractivity contribution in [2.45, 2.75) is 141 Å². The average molecular weight is 559 g/mol. The van der Waals surface area contributed by atoms with Gasteiger partial charge in [0.2, 0.25) is 11.8 Å². The lowest BCUT2D eigenvalue weighted by Gasteiger charge is -2.19. The Morgan fingerprint density at radius 3 is 1.75 bits per heavy atom. The van der Waals surface area contributed by atoms with E-state index >= 15 is 0 Å². The predicted octanol–water partition coefficient (Wildman–Crippen LogP) is 6.81. The molecule has 1 rings (SSSR count). The van der Waals surface area contributed by atoms with Crippen molar-refractivity contribution < 1.29 is 9.59 Å². The smallest absolute Gasteiger partial charge is 0.242 e. The number of carbonyl (C=O) groups excluding carboxylic acids is 2. The second kappa shape index (κ2) is 27.3. The molecule has 0 aliphatic rings. The van der Waals surface area contributed by atoms with E-state index in [1.54, 1.807) is 0 Å². The van der Waals surface area contributed by atoms with Crippen molar-refractivity contribution in [2.75, 3.05) is 26.2 Å². The van der Waals surface area contributed by atoms with E-state index in [1.807, 2.05) is 30.3 Å². The van der Waals surface area contributed by atoms with Gasteiger partial charge in [-0.1, -0.05) is 134 Å². The maximum Gasteiger partial charge on any atom is 0.242 e. The Morgan fingerprint density at radius 2 is 1.20 bits per heavy atom. The molecule has 5 N–H and O–H groups in total. The highest BCUT2D eigenvalue weighted by molar-refractivity contribution is 5.87. The van der Waals surface area contributed by atoms with Gasteiger partial charge in [0, 0.05) is 19.4 Å². The van der Waals surface area contributed by atoms with Crippen LogP contribution in [0.5, 0.6) is 0 Å². The first-order valence-corrected chi connectivity index (χ1v) is 16.7. The maximum absolute atomic E-state index is 12.6. The summed E-state index contributed by atoms with van der Waals surface area (Å²) in [6.07, 6.45) is 24.6. The summed E-state index contributed by atoms with van der Waals surface area (Å²) in [6.45, 7) is 5.19. The fourth-order valence-corrected chi connectivity index (χ4v) is 5.06. The van der Waals surface area contributed by atoms with Crippen LogP contribution in [0.1, 0.15) is 134 Å². The first-order chi connectivity index (χ1) is 19.7. The van der Waals surface area contributed by atoms with Gasteiger partial charge >= 0.3 is 0 Å². The minimum Gasteiger partial charge on any atom is -0.354 e. The van der Waals surface area contributed by atoms with Crippen molar-refractivity contribution >= 4 is 11.8 Å². The van der Waals surface area contributed by atoms with Gasteiger partial charge < -0.3 is 21.7 Å². The first kappa shape index (κ1) is 36.1. The number of unbranched alkanes of at least 4 members (excludes halogenated alkanes) is 15. The predicted molar refractivity (Wildman–Crippen MR) is 170 cm³/mol.